The summed E-state index contributed by atoms with van der Waals surface area (Å²) >= 11 is 1.24. The number of thiophene rings is 1. The number of hydrogen-bond acceptors (Lipinski definition) is 6. The largest absolute Gasteiger partial charge is 0.457 e. The van der Waals surface area contributed by atoms with Gasteiger partial charge in [0.2, 0.25) is 0 Å². The zero-order chi connectivity index (χ0) is 20.5. The van der Waals surface area contributed by atoms with E-state index in [0.717, 1.165) is 31.5 Å². The second kappa shape index (κ2) is 8.08. The topological polar surface area (TPSA) is 64.4 Å². The molecule has 29 heavy (non-hydrogen) atoms. The molecule has 1 aliphatic heterocycles. The van der Waals surface area contributed by atoms with Crippen LogP contribution in [0, 0.1) is 13.8 Å². The van der Waals surface area contributed by atoms with Crippen molar-refractivity contribution in [1.29, 1.82) is 0 Å². The van der Waals surface area contributed by atoms with Crippen LogP contribution in [0.2, 0.25) is 0 Å². The minimum atomic E-state index is -0.405. The lowest BCUT2D eigenvalue weighted by Gasteiger charge is -2.30. The molecule has 0 bridgehead atoms. The van der Waals surface area contributed by atoms with E-state index in [1.165, 1.54) is 11.3 Å². The highest BCUT2D eigenvalue weighted by Gasteiger charge is 2.26. The molecule has 152 valence electrons. The molecule has 1 aliphatic rings. The third kappa shape index (κ3) is 3.84. The quantitative estimate of drug-likeness (QED) is 0.613. The molecule has 0 atom stereocenters. The maximum absolute atomic E-state index is 13.3. The van der Waals surface area contributed by atoms with Crippen molar-refractivity contribution in [3.8, 4) is 0 Å². The number of aromatic nitrogens is 2. The fourth-order valence-corrected chi connectivity index (χ4v) is 5.07. The molecule has 4 rings (SSSR count). The van der Waals surface area contributed by atoms with Gasteiger partial charge in [-0.1, -0.05) is 30.3 Å². The van der Waals surface area contributed by atoms with Crippen molar-refractivity contribution >= 4 is 27.5 Å². The summed E-state index contributed by atoms with van der Waals surface area (Å²) in [5, 5.41) is 0.547. The van der Waals surface area contributed by atoms with Crippen molar-refractivity contribution in [3.63, 3.8) is 0 Å². The number of rotatable bonds is 4. The van der Waals surface area contributed by atoms with E-state index < -0.39 is 5.97 Å². The zero-order valence-electron chi connectivity index (χ0n) is 17.0. The predicted molar refractivity (Wildman–Crippen MR) is 115 cm³/mol. The molecule has 7 heteroatoms. The van der Waals surface area contributed by atoms with Crippen LogP contribution in [-0.2, 0) is 11.3 Å². The Bertz CT molecular complexity index is 1100. The lowest BCUT2D eigenvalue weighted by molar-refractivity contribution is 0.0478. The molecule has 3 heterocycles. The van der Waals surface area contributed by atoms with Gasteiger partial charge >= 0.3 is 5.97 Å². The van der Waals surface area contributed by atoms with Crippen molar-refractivity contribution < 1.29 is 9.53 Å². The molecule has 0 unspecified atom stereocenters. The van der Waals surface area contributed by atoms with Crippen LogP contribution in [0.5, 0.6) is 0 Å². The van der Waals surface area contributed by atoms with Gasteiger partial charge in [0.1, 0.15) is 22.1 Å². The first-order chi connectivity index (χ1) is 14.0. The molecule has 1 aromatic carbocycles. The number of esters is 1. The highest BCUT2D eigenvalue weighted by atomic mass is 32.1. The third-order valence-electron chi connectivity index (χ3n) is 5.62. The summed E-state index contributed by atoms with van der Waals surface area (Å²) in [6.45, 7) is 5.83. The number of fused-ring (bicyclic) bond motifs is 1. The van der Waals surface area contributed by atoms with Gasteiger partial charge in [-0.3, -0.25) is 9.36 Å². The van der Waals surface area contributed by atoms with E-state index in [9.17, 15) is 9.59 Å². The maximum Gasteiger partial charge on any atom is 0.349 e. The summed E-state index contributed by atoms with van der Waals surface area (Å²) in [5.74, 6) is 0.305. The average molecular weight is 412 g/mol. The van der Waals surface area contributed by atoms with E-state index in [1.807, 2.05) is 48.7 Å². The standard InChI is InChI=1S/C22H25N3O3S/c1-14-18-20(29-19(14)22(27)28-13-16-7-5-4-6-8-16)23-15(2)25(21(18)26)17-9-11-24(3)12-10-17/h4-8,17H,9-13H2,1-3H3. The van der Waals surface area contributed by atoms with Crippen LogP contribution in [0.25, 0.3) is 10.2 Å². The number of piperidine rings is 1. The Morgan fingerprint density at radius 2 is 1.90 bits per heavy atom. The van der Waals surface area contributed by atoms with Crippen LogP contribution in [0.4, 0.5) is 0 Å². The highest BCUT2D eigenvalue weighted by Crippen LogP contribution is 2.30. The minimum Gasteiger partial charge on any atom is -0.457 e. The maximum atomic E-state index is 13.3. The van der Waals surface area contributed by atoms with Crippen LogP contribution < -0.4 is 5.56 Å². The summed E-state index contributed by atoms with van der Waals surface area (Å²) < 4.78 is 7.31. The van der Waals surface area contributed by atoms with E-state index in [1.54, 1.807) is 0 Å². The van der Waals surface area contributed by atoms with Crippen molar-refractivity contribution in [2.45, 2.75) is 39.3 Å². The highest BCUT2D eigenvalue weighted by molar-refractivity contribution is 7.20. The zero-order valence-corrected chi connectivity index (χ0v) is 17.8. The van der Waals surface area contributed by atoms with Gasteiger partial charge in [0, 0.05) is 6.04 Å². The first-order valence-corrected chi connectivity index (χ1v) is 10.7. The normalized spacial score (nSPS) is 15.7. The molecule has 0 spiro atoms. The van der Waals surface area contributed by atoms with Gasteiger partial charge in [-0.2, -0.15) is 0 Å². The monoisotopic (exact) mass is 411 g/mol. The number of hydrogen-bond donors (Lipinski definition) is 0. The van der Waals surface area contributed by atoms with E-state index in [4.69, 9.17) is 4.74 Å². The van der Waals surface area contributed by atoms with Crippen molar-refractivity contribution in [1.82, 2.24) is 14.5 Å². The lowest BCUT2D eigenvalue weighted by Crippen LogP contribution is -2.36. The molecule has 0 radical (unpaired) electrons. The summed E-state index contributed by atoms with van der Waals surface area (Å²) in [4.78, 5) is 34.0. The van der Waals surface area contributed by atoms with Gasteiger partial charge in [-0.15, -0.1) is 11.3 Å². The number of nitrogens with zero attached hydrogens (tertiary/aromatic N) is 3. The van der Waals surface area contributed by atoms with Gasteiger partial charge in [-0.25, -0.2) is 9.78 Å². The smallest absolute Gasteiger partial charge is 0.349 e. The number of carbonyl (C=O) groups is 1. The van der Waals surface area contributed by atoms with Crippen molar-refractivity contribution in [2.24, 2.45) is 0 Å². The molecular weight excluding hydrogens is 386 g/mol. The summed E-state index contributed by atoms with van der Waals surface area (Å²) in [6, 6.07) is 9.72. The lowest BCUT2D eigenvalue weighted by atomic mass is 10.0. The second-order valence-corrected chi connectivity index (χ2v) is 8.67. The predicted octanol–water partition coefficient (Wildman–Crippen LogP) is 3.70. The second-order valence-electron chi connectivity index (χ2n) is 7.67. The molecule has 0 N–H and O–H groups in total. The Kier molecular flexibility index (Phi) is 5.52. The number of aryl methyl sites for hydroxylation is 2. The Hall–Kier alpha value is -2.51. The minimum absolute atomic E-state index is 0.0436. The molecule has 1 saturated heterocycles. The van der Waals surface area contributed by atoms with Gasteiger partial charge in [-0.05, 0) is 58.0 Å². The van der Waals surface area contributed by atoms with Crippen molar-refractivity contribution in [2.75, 3.05) is 20.1 Å². The molecular formula is C22H25N3O3S. The van der Waals surface area contributed by atoms with Gasteiger partial charge in [0.25, 0.3) is 5.56 Å². The molecule has 0 amide bonds. The van der Waals surface area contributed by atoms with Crippen LogP contribution in [0.1, 0.15) is 45.5 Å². The van der Waals surface area contributed by atoms with E-state index >= 15 is 0 Å². The van der Waals surface area contributed by atoms with E-state index in [-0.39, 0.29) is 18.2 Å². The Morgan fingerprint density at radius 1 is 1.21 bits per heavy atom. The summed E-state index contributed by atoms with van der Waals surface area (Å²) in [6.07, 6.45) is 1.86. The number of benzene rings is 1. The number of carbonyl (C=O) groups excluding carboxylic acids is 1. The first-order valence-electron chi connectivity index (χ1n) is 9.87. The Labute approximate surface area is 173 Å². The molecule has 3 aromatic rings. The van der Waals surface area contributed by atoms with E-state index in [2.05, 4.69) is 16.9 Å². The summed E-state index contributed by atoms with van der Waals surface area (Å²) in [5.41, 5.74) is 1.55. The fourth-order valence-electron chi connectivity index (χ4n) is 3.96. The molecule has 6 nitrogen and oxygen atoms in total. The van der Waals surface area contributed by atoms with Crippen molar-refractivity contribution in [3.05, 3.63) is 62.5 Å². The third-order valence-corrected chi connectivity index (χ3v) is 6.79. The Morgan fingerprint density at radius 3 is 2.59 bits per heavy atom. The van der Waals surface area contributed by atoms with E-state index in [0.29, 0.717) is 26.5 Å². The Balaban J connectivity index is 1.65. The molecule has 0 aliphatic carbocycles. The van der Waals surface area contributed by atoms with Crippen LogP contribution in [0.3, 0.4) is 0 Å². The number of ether oxygens (including phenoxy) is 1. The molecule has 0 saturated carbocycles. The van der Waals surface area contributed by atoms with Crippen LogP contribution >= 0.6 is 11.3 Å². The van der Waals surface area contributed by atoms with Gasteiger partial charge in [0.15, 0.2) is 0 Å². The SMILES string of the molecule is Cc1c(C(=O)OCc2ccccc2)sc2nc(C)n(C3CCN(C)CC3)c(=O)c12. The first kappa shape index (κ1) is 19.8. The van der Waals surface area contributed by atoms with Gasteiger partial charge < -0.3 is 9.64 Å². The van der Waals surface area contributed by atoms with Crippen LogP contribution in [0.15, 0.2) is 35.1 Å². The summed E-state index contributed by atoms with van der Waals surface area (Å²) in [7, 11) is 2.10. The average Bonchev–Trinajstić information content (AvgIpc) is 3.04. The van der Waals surface area contributed by atoms with Gasteiger partial charge in [0.05, 0.1) is 5.39 Å². The fraction of sp³-hybridized carbons (Fsp3) is 0.409. The van der Waals surface area contributed by atoms with Crippen LogP contribution in [-0.4, -0.2) is 40.6 Å². The molecule has 2 aromatic heterocycles. The number of likely N-dealkylation sites (tertiary alicyclic amines) is 1. The molecule has 1 fully saturated rings.